The Bertz CT molecular complexity index is 579. The molecule has 206 valence electrons. The van der Waals surface area contributed by atoms with Crippen molar-refractivity contribution in [2.24, 2.45) is 0 Å². The minimum absolute atomic E-state index is 0. The van der Waals surface area contributed by atoms with Crippen LogP contribution in [-0.2, 0) is 19.0 Å². The second-order valence-electron chi connectivity index (χ2n) is 8.96. The number of hydrogen-bond donors (Lipinski definition) is 4. The van der Waals surface area contributed by atoms with E-state index in [9.17, 15) is 20.1 Å². The third-order valence-corrected chi connectivity index (χ3v) is 5.84. The summed E-state index contributed by atoms with van der Waals surface area (Å²) >= 11 is 0. The van der Waals surface area contributed by atoms with Crippen molar-refractivity contribution in [1.82, 2.24) is 0 Å². The number of hydrogen-bond acceptors (Lipinski definition) is 8. The summed E-state index contributed by atoms with van der Waals surface area (Å²) in [7, 11) is 0. The van der Waals surface area contributed by atoms with E-state index in [4.69, 9.17) is 19.3 Å². The first kappa shape index (κ1) is 33.4. The van der Waals surface area contributed by atoms with Crippen LogP contribution in [0.15, 0.2) is 24.4 Å². The molecule has 0 aromatic rings. The van der Waals surface area contributed by atoms with Crippen molar-refractivity contribution in [2.45, 2.75) is 121 Å². The average molecular weight is 505 g/mol. The molecule has 9 heteroatoms. The molecule has 35 heavy (non-hydrogen) atoms. The average Bonchev–Trinajstić information content (AvgIpc) is 3.67. The lowest BCUT2D eigenvalue weighted by Gasteiger charge is -2.28. The van der Waals surface area contributed by atoms with Crippen molar-refractivity contribution in [1.29, 1.82) is 0 Å². The van der Waals surface area contributed by atoms with Gasteiger partial charge in [-0.25, -0.2) is 0 Å². The summed E-state index contributed by atoms with van der Waals surface area (Å²) < 4.78 is 15.2. The van der Waals surface area contributed by atoms with Crippen LogP contribution in [0, 0.1) is 0 Å². The van der Waals surface area contributed by atoms with Gasteiger partial charge in [0.1, 0.15) is 24.9 Å². The molecule has 0 aromatic heterocycles. The lowest BCUT2D eigenvalue weighted by Crippen LogP contribution is -2.49. The molecule has 6 N–H and O–H groups in total. The summed E-state index contributed by atoms with van der Waals surface area (Å²) in [4.78, 5) is 12.2. The Morgan fingerprint density at radius 2 is 1.46 bits per heavy atom. The van der Waals surface area contributed by atoms with Gasteiger partial charge in [-0.1, -0.05) is 70.4 Å². The van der Waals surface area contributed by atoms with Gasteiger partial charge in [0.05, 0.1) is 6.61 Å². The minimum Gasteiger partial charge on any atom is -0.459 e. The van der Waals surface area contributed by atoms with Crippen LogP contribution >= 0.6 is 0 Å². The molecule has 0 amide bonds. The second-order valence-corrected chi connectivity index (χ2v) is 8.96. The zero-order valence-corrected chi connectivity index (χ0v) is 21.3. The molecule has 0 radical (unpaired) electrons. The highest BCUT2D eigenvalue weighted by molar-refractivity contribution is 5.69. The first-order valence-electron chi connectivity index (χ1n) is 13.0. The molecule has 0 saturated heterocycles. The third kappa shape index (κ3) is 17.4. The number of ether oxygens (including phenoxy) is 3. The van der Waals surface area contributed by atoms with Crippen LogP contribution in [0.2, 0.25) is 0 Å². The largest absolute Gasteiger partial charge is 0.459 e. The Morgan fingerprint density at radius 1 is 0.914 bits per heavy atom. The molecule has 0 fully saturated rings. The maximum atomic E-state index is 12.2. The zero-order valence-electron chi connectivity index (χ0n) is 21.3. The van der Waals surface area contributed by atoms with Gasteiger partial charge in [0.15, 0.2) is 12.4 Å². The molecule has 0 aromatic carbocycles. The Hall–Kier alpha value is -1.65. The van der Waals surface area contributed by atoms with Crippen LogP contribution in [-0.4, -0.2) is 69.5 Å². The molecule has 0 unspecified atom stereocenters. The molecule has 0 bridgehead atoms. The van der Waals surface area contributed by atoms with Crippen LogP contribution in [0.5, 0.6) is 0 Å². The van der Waals surface area contributed by atoms with Gasteiger partial charge in [0.25, 0.3) is 0 Å². The second kappa shape index (κ2) is 21.6. The zero-order chi connectivity index (χ0) is 25.0. The predicted molar refractivity (Wildman–Crippen MR) is 133 cm³/mol. The first-order chi connectivity index (χ1) is 16.5. The summed E-state index contributed by atoms with van der Waals surface area (Å²) in [6.45, 7) is 1.27. The fraction of sp³-hybridized carbons (Fsp3) is 0.808. The van der Waals surface area contributed by atoms with E-state index in [2.05, 4.69) is 19.1 Å². The number of allylic oxidation sites excluding steroid dienone is 2. The van der Waals surface area contributed by atoms with Gasteiger partial charge in [0, 0.05) is 6.42 Å². The molecule has 1 aliphatic rings. The molecular weight excluding hydrogens is 456 g/mol. The van der Waals surface area contributed by atoms with Crippen molar-refractivity contribution in [2.75, 3.05) is 13.2 Å². The molecule has 0 saturated carbocycles. The van der Waals surface area contributed by atoms with Crippen molar-refractivity contribution in [3.05, 3.63) is 24.4 Å². The van der Waals surface area contributed by atoms with Crippen LogP contribution in [0.25, 0.3) is 0 Å². The predicted octanol–water partition coefficient (Wildman–Crippen LogP) is 3.03. The quantitative estimate of drug-likeness (QED) is 0.0938. The molecule has 9 nitrogen and oxygen atoms in total. The summed E-state index contributed by atoms with van der Waals surface area (Å²) in [5, 5.41) is 38.6. The first-order valence-corrected chi connectivity index (χ1v) is 13.0. The Morgan fingerprint density at radius 3 is 2.00 bits per heavy atom. The highest BCUT2D eigenvalue weighted by atomic mass is 16.7. The summed E-state index contributed by atoms with van der Waals surface area (Å²) in [6, 6.07) is 0. The number of carbonyl (C=O) groups excluding carboxylic acids is 1. The van der Waals surface area contributed by atoms with E-state index in [-0.39, 0.29) is 24.4 Å². The Kier molecular flexibility index (Phi) is 20.6. The summed E-state index contributed by atoms with van der Waals surface area (Å²) in [6.07, 6.45) is 15.2. The smallest absolute Gasteiger partial charge is 0.321 e. The fourth-order valence-corrected chi connectivity index (χ4v) is 3.58. The topological polar surface area (TPSA) is 160 Å². The number of aliphatic hydroxyl groups is 4. The molecule has 0 aliphatic carbocycles. The third-order valence-electron chi connectivity index (χ3n) is 5.84. The SMILES string of the molecule is CCCCCCCC/C=C\CCCCCCCC(=O)O[C@@H](COC1=CO1)[C@@H](O)[C@H](O)[C@H](O)CO.O. The van der Waals surface area contributed by atoms with Crippen molar-refractivity contribution in [3.63, 3.8) is 0 Å². The lowest BCUT2D eigenvalue weighted by molar-refractivity contribution is -0.172. The van der Waals surface area contributed by atoms with Crippen LogP contribution in [0.1, 0.15) is 96.8 Å². The van der Waals surface area contributed by atoms with Crippen LogP contribution in [0.3, 0.4) is 0 Å². The van der Waals surface area contributed by atoms with E-state index >= 15 is 0 Å². The van der Waals surface area contributed by atoms with Crippen molar-refractivity contribution < 1.29 is 44.9 Å². The van der Waals surface area contributed by atoms with Crippen molar-refractivity contribution in [3.8, 4) is 0 Å². The Balaban J connectivity index is 0.0000116. The number of unbranched alkanes of at least 4 members (excludes halogenated alkanes) is 11. The van der Waals surface area contributed by atoms with E-state index in [1.54, 1.807) is 0 Å². The van der Waals surface area contributed by atoms with E-state index in [0.29, 0.717) is 6.42 Å². The molecular formula is C26H48O9. The maximum absolute atomic E-state index is 12.2. The van der Waals surface area contributed by atoms with E-state index in [1.807, 2.05) is 0 Å². The van der Waals surface area contributed by atoms with Gasteiger partial charge in [0.2, 0.25) is 0 Å². The van der Waals surface area contributed by atoms with Gasteiger partial charge in [-0.15, -0.1) is 0 Å². The molecule has 1 rings (SSSR count). The lowest BCUT2D eigenvalue weighted by atomic mass is 10.0. The standard InChI is InChI=1S/C26H46O8.H2O/c1-2-3-4-5-6-7-8-9-10-11-12-13-14-15-16-17-23(29)34-22(19-32-24-20-33-24)26(31)25(30)21(28)18-27;/h9-10,20-22,25-28,30-31H,2-8,11-19H2,1H3;1H2/b10-9-;/t21-,22+,25-,26-;/m1./s1. The minimum atomic E-state index is -1.68. The fourth-order valence-electron chi connectivity index (χ4n) is 3.58. The normalized spacial score (nSPS) is 16.0. The molecule has 1 heterocycles. The molecule has 0 spiro atoms. The van der Waals surface area contributed by atoms with Crippen LogP contribution in [0.4, 0.5) is 0 Å². The van der Waals surface area contributed by atoms with E-state index in [1.165, 1.54) is 51.2 Å². The number of esters is 1. The summed E-state index contributed by atoms with van der Waals surface area (Å²) in [5.74, 6) is -0.274. The Labute approximate surface area is 210 Å². The maximum Gasteiger partial charge on any atom is 0.321 e. The van der Waals surface area contributed by atoms with Gasteiger partial charge >= 0.3 is 11.9 Å². The van der Waals surface area contributed by atoms with Crippen molar-refractivity contribution >= 4 is 5.97 Å². The van der Waals surface area contributed by atoms with E-state index in [0.717, 1.165) is 32.1 Å². The number of carbonyl (C=O) groups is 1. The van der Waals surface area contributed by atoms with Gasteiger partial charge < -0.3 is 40.1 Å². The van der Waals surface area contributed by atoms with Gasteiger partial charge in [-0.05, 0) is 32.1 Å². The highest BCUT2D eigenvalue weighted by Gasteiger charge is 2.35. The monoisotopic (exact) mass is 504 g/mol. The van der Waals surface area contributed by atoms with Gasteiger partial charge in [-0.3, -0.25) is 4.79 Å². The molecule has 4 atom stereocenters. The van der Waals surface area contributed by atoms with E-state index < -0.39 is 37.0 Å². The van der Waals surface area contributed by atoms with Crippen LogP contribution < -0.4 is 0 Å². The number of rotatable bonds is 23. The molecule has 1 aliphatic heterocycles. The summed E-state index contributed by atoms with van der Waals surface area (Å²) in [5.41, 5.74) is 0. The van der Waals surface area contributed by atoms with Gasteiger partial charge in [-0.2, -0.15) is 0 Å². The highest BCUT2D eigenvalue weighted by Crippen LogP contribution is 2.18. The number of aliphatic hydroxyl groups excluding tert-OH is 4.